The Bertz CT molecular complexity index is 351. The van der Waals surface area contributed by atoms with Crippen LogP contribution < -0.4 is 10.1 Å². The van der Waals surface area contributed by atoms with Crippen LogP contribution in [0.15, 0.2) is 24.3 Å². The van der Waals surface area contributed by atoms with Gasteiger partial charge in [-0.05, 0) is 55.5 Å². The molecule has 1 aromatic rings. The smallest absolute Gasteiger partial charge is 0.119 e. The summed E-state index contributed by atoms with van der Waals surface area (Å²) in [6, 6.07) is 8.46. The largest absolute Gasteiger partial charge is 0.497 e. The van der Waals surface area contributed by atoms with Gasteiger partial charge in [0.1, 0.15) is 5.75 Å². The Labute approximate surface area is 118 Å². The first-order valence-electron chi connectivity index (χ1n) is 7.54. The van der Waals surface area contributed by atoms with Crippen molar-refractivity contribution in [2.24, 2.45) is 11.8 Å². The molecular formula is C17H29NO. The first-order valence-corrected chi connectivity index (χ1v) is 7.54. The molecule has 0 aliphatic rings. The van der Waals surface area contributed by atoms with Crippen molar-refractivity contribution < 1.29 is 4.74 Å². The van der Waals surface area contributed by atoms with Gasteiger partial charge in [0.15, 0.2) is 0 Å². The van der Waals surface area contributed by atoms with Gasteiger partial charge in [0.25, 0.3) is 0 Å². The van der Waals surface area contributed by atoms with Gasteiger partial charge in [0, 0.05) is 0 Å². The number of ether oxygens (including phenoxy) is 1. The van der Waals surface area contributed by atoms with Crippen molar-refractivity contribution in [1.82, 2.24) is 5.32 Å². The molecule has 0 aliphatic carbocycles. The topological polar surface area (TPSA) is 21.3 Å². The Hall–Kier alpha value is -1.02. The predicted octanol–water partition coefficient (Wildman–Crippen LogP) is 3.90. The highest BCUT2D eigenvalue weighted by atomic mass is 16.5. The predicted molar refractivity (Wildman–Crippen MR) is 82.8 cm³/mol. The molecule has 0 radical (unpaired) electrons. The quantitative estimate of drug-likeness (QED) is 0.682. The molecule has 108 valence electrons. The molecule has 0 bridgehead atoms. The van der Waals surface area contributed by atoms with E-state index in [-0.39, 0.29) is 0 Å². The summed E-state index contributed by atoms with van der Waals surface area (Å²) in [6.45, 7) is 9.08. The zero-order valence-electron chi connectivity index (χ0n) is 12.9. The van der Waals surface area contributed by atoms with Crippen molar-refractivity contribution in [2.45, 2.75) is 40.0 Å². The van der Waals surface area contributed by atoms with Crippen LogP contribution in [-0.4, -0.2) is 20.2 Å². The van der Waals surface area contributed by atoms with Crippen LogP contribution in [0.5, 0.6) is 5.75 Å². The zero-order chi connectivity index (χ0) is 14.1. The van der Waals surface area contributed by atoms with Gasteiger partial charge in [-0.25, -0.2) is 0 Å². The number of hydrogen-bond donors (Lipinski definition) is 1. The molecule has 1 rings (SSSR count). The van der Waals surface area contributed by atoms with Crippen molar-refractivity contribution in [3.63, 3.8) is 0 Å². The summed E-state index contributed by atoms with van der Waals surface area (Å²) in [5.74, 6) is 2.40. The maximum Gasteiger partial charge on any atom is 0.119 e. The van der Waals surface area contributed by atoms with Crippen LogP contribution in [0.4, 0.5) is 0 Å². The maximum absolute atomic E-state index is 5.31. The third-order valence-electron chi connectivity index (χ3n) is 3.91. The van der Waals surface area contributed by atoms with Crippen LogP contribution in [0.3, 0.4) is 0 Å². The summed E-state index contributed by atoms with van der Waals surface area (Å²) >= 11 is 0. The molecule has 19 heavy (non-hydrogen) atoms. The van der Waals surface area contributed by atoms with E-state index in [1.165, 1.54) is 18.4 Å². The average Bonchev–Trinajstić information content (AvgIpc) is 2.45. The minimum absolute atomic E-state index is 0.698. The van der Waals surface area contributed by atoms with Gasteiger partial charge in [0.05, 0.1) is 7.11 Å². The van der Waals surface area contributed by atoms with E-state index < -0.39 is 0 Å². The van der Waals surface area contributed by atoms with Crippen LogP contribution in [-0.2, 0) is 6.42 Å². The van der Waals surface area contributed by atoms with Crippen LogP contribution in [0.25, 0.3) is 0 Å². The molecular weight excluding hydrogens is 234 g/mol. The molecule has 0 fully saturated rings. The molecule has 0 amide bonds. The lowest BCUT2D eigenvalue weighted by molar-refractivity contribution is 0.329. The van der Waals surface area contributed by atoms with Crippen LogP contribution in [0.2, 0.25) is 0 Å². The Morgan fingerprint density at radius 2 is 2.05 bits per heavy atom. The summed E-state index contributed by atoms with van der Waals surface area (Å²) < 4.78 is 5.31. The van der Waals surface area contributed by atoms with E-state index in [0.29, 0.717) is 5.92 Å². The highest BCUT2D eigenvalue weighted by Crippen LogP contribution is 2.22. The fraction of sp³-hybridized carbons (Fsp3) is 0.647. The molecule has 2 unspecified atom stereocenters. The molecule has 1 N–H and O–H groups in total. The molecule has 0 spiro atoms. The lowest BCUT2D eigenvalue weighted by Gasteiger charge is -2.23. The van der Waals surface area contributed by atoms with Crippen molar-refractivity contribution in [1.29, 1.82) is 0 Å². The molecule has 0 aromatic heterocycles. The normalized spacial score (nSPS) is 14.1. The van der Waals surface area contributed by atoms with E-state index >= 15 is 0 Å². The number of rotatable bonds is 9. The molecule has 0 saturated carbocycles. The second-order valence-corrected chi connectivity index (χ2v) is 5.41. The van der Waals surface area contributed by atoms with E-state index in [9.17, 15) is 0 Å². The highest BCUT2D eigenvalue weighted by molar-refractivity contribution is 5.28. The molecule has 2 heteroatoms. The van der Waals surface area contributed by atoms with Gasteiger partial charge in [-0.3, -0.25) is 0 Å². The maximum atomic E-state index is 5.31. The van der Waals surface area contributed by atoms with Crippen molar-refractivity contribution in [2.75, 3.05) is 20.2 Å². The van der Waals surface area contributed by atoms with Crippen molar-refractivity contribution in [3.8, 4) is 5.75 Å². The molecule has 2 atom stereocenters. The van der Waals surface area contributed by atoms with E-state index in [1.807, 2.05) is 6.07 Å². The Balaban J connectivity index is 2.64. The van der Waals surface area contributed by atoms with Gasteiger partial charge in [0.2, 0.25) is 0 Å². The van der Waals surface area contributed by atoms with E-state index in [0.717, 1.165) is 31.2 Å². The molecule has 0 saturated heterocycles. The first-order chi connectivity index (χ1) is 9.21. The van der Waals surface area contributed by atoms with Gasteiger partial charge in [-0.2, -0.15) is 0 Å². The minimum Gasteiger partial charge on any atom is -0.497 e. The lowest BCUT2D eigenvalue weighted by atomic mass is 9.86. The summed E-state index contributed by atoms with van der Waals surface area (Å²) in [4.78, 5) is 0. The number of methoxy groups -OCH3 is 1. The first kappa shape index (κ1) is 16.0. The summed E-state index contributed by atoms with van der Waals surface area (Å²) in [5.41, 5.74) is 1.38. The fourth-order valence-corrected chi connectivity index (χ4v) is 2.37. The number of nitrogens with one attached hydrogen (secondary N) is 1. The minimum atomic E-state index is 0.698. The summed E-state index contributed by atoms with van der Waals surface area (Å²) in [5, 5.41) is 3.57. The molecule has 0 heterocycles. The van der Waals surface area contributed by atoms with E-state index in [1.54, 1.807) is 7.11 Å². The standard InChI is InChI=1S/C17H29NO/c1-5-10-18-13-16(14(3)6-2)11-15-8-7-9-17(12-15)19-4/h7-9,12,14,16,18H,5-6,10-11,13H2,1-4H3. The van der Waals surface area contributed by atoms with Crippen molar-refractivity contribution in [3.05, 3.63) is 29.8 Å². The average molecular weight is 263 g/mol. The second-order valence-electron chi connectivity index (χ2n) is 5.41. The summed E-state index contributed by atoms with van der Waals surface area (Å²) in [6.07, 6.45) is 3.57. The zero-order valence-corrected chi connectivity index (χ0v) is 12.9. The monoisotopic (exact) mass is 263 g/mol. The van der Waals surface area contributed by atoms with Crippen molar-refractivity contribution >= 4 is 0 Å². The van der Waals surface area contributed by atoms with Gasteiger partial charge in [-0.1, -0.05) is 39.3 Å². The number of benzene rings is 1. The SMILES string of the molecule is CCCNCC(Cc1cccc(OC)c1)C(C)CC. The third-order valence-corrected chi connectivity index (χ3v) is 3.91. The second kappa shape index (κ2) is 8.98. The molecule has 2 nitrogen and oxygen atoms in total. The van der Waals surface area contributed by atoms with E-state index in [4.69, 9.17) is 4.74 Å². The summed E-state index contributed by atoms with van der Waals surface area (Å²) in [7, 11) is 1.73. The van der Waals surface area contributed by atoms with Crippen LogP contribution in [0.1, 0.15) is 39.2 Å². The fourth-order valence-electron chi connectivity index (χ4n) is 2.37. The van der Waals surface area contributed by atoms with Gasteiger partial charge >= 0.3 is 0 Å². The van der Waals surface area contributed by atoms with Crippen LogP contribution >= 0.6 is 0 Å². The lowest BCUT2D eigenvalue weighted by Crippen LogP contribution is -2.29. The molecule has 1 aromatic carbocycles. The van der Waals surface area contributed by atoms with Gasteiger partial charge < -0.3 is 10.1 Å². The van der Waals surface area contributed by atoms with Gasteiger partial charge in [-0.15, -0.1) is 0 Å². The Kier molecular flexibility index (Phi) is 7.57. The number of hydrogen-bond acceptors (Lipinski definition) is 2. The van der Waals surface area contributed by atoms with E-state index in [2.05, 4.69) is 44.3 Å². The Morgan fingerprint density at radius 1 is 1.26 bits per heavy atom. The Morgan fingerprint density at radius 3 is 2.68 bits per heavy atom. The molecule has 0 aliphatic heterocycles. The highest BCUT2D eigenvalue weighted by Gasteiger charge is 2.16. The van der Waals surface area contributed by atoms with Crippen LogP contribution in [0, 0.1) is 11.8 Å². The third kappa shape index (κ3) is 5.65.